The topological polar surface area (TPSA) is 50.4 Å². The molecule has 0 spiro atoms. The summed E-state index contributed by atoms with van der Waals surface area (Å²) in [6.07, 6.45) is 27.7. The molecule has 4 saturated carbocycles. The number of ether oxygens (including phenoxy) is 1. The molecule has 0 saturated heterocycles. The summed E-state index contributed by atoms with van der Waals surface area (Å²) in [5, 5.41) is 7.21. The van der Waals surface area contributed by atoms with Gasteiger partial charge in [0.15, 0.2) is 6.61 Å². The largest absolute Gasteiger partial charge is 0.484 e. The van der Waals surface area contributed by atoms with E-state index >= 15 is 0 Å². The molecule has 4 nitrogen and oxygen atoms in total. The van der Waals surface area contributed by atoms with Crippen molar-refractivity contribution in [2.75, 3.05) is 6.61 Å². The summed E-state index contributed by atoms with van der Waals surface area (Å²) in [5.41, 5.74) is 0.328. The molecule has 0 aromatic heterocycles. The monoisotopic (exact) mass is 382 g/mol. The Morgan fingerprint density at radius 3 is 2.29 bits per heavy atom. The second-order valence-corrected chi connectivity index (χ2v) is 9.17. The van der Waals surface area contributed by atoms with Crippen molar-refractivity contribution >= 4 is 5.91 Å². The lowest BCUT2D eigenvalue weighted by molar-refractivity contribution is -0.146. The first kappa shape index (κ1) is 19.5. The molecule has 0 aromatic rings. The molecule has 0 aliphatic heterocycles. The van der Waals surface area contributed by atoms with E-state index in [0.29, 0.717) is 17.3 Å². The Balaban J connectivity index is 1.18. The van der Waals surface area contributed by atoms with Gasteiger partial charge in [-0.15, -0.1) is 0 Å². The Morgan fingerprint density at radius 2 is 1.54 bits per heavy atom. The van der Waals surface area contributed by atoms with Gasteiger partial charge < -0.3 is 15.4 Å². The van der Waals surface area contributed by atoms with Crippen molar-refractivity contribution in [2.24, 2.45) is 0 Å². The SMILES string of the molecule is O=C(COC1=C/C=C\C=C/C=C1)NC12CC(NC3CCCCCCCC3)(C1)C2. The zero-order chi connectivity index (χ0) is 19.3. The normalized spacial score (nSPS) is 34.8. The van der Waals surface area contributed by atoms with Crippen LogP contribution in [0.5, 0.6) is 0 Å². The minimum atomic E-state index is -0.00776. The molecule has 5 aliphatic rings. The van der Waals surface area contributed by atoms with Crippen LogP contribution in [0.2, 0.25) is 0 Å². The molecule has 2 N–H and O–H groups in total. The van der Waals surface area contributed by atoms with E-state index in [1.54, 1.807) is 0 Å². The van der Waals surface area contributed by atoms with Crippen LogP contribution in [0.25, 0.3) is 0 Å². The molecular formula is C24H34N2O2. The molecule has 28 heavy (non-hydrogen) atoms. The molecule has 5 rings (SSSR count). The third-order valence-corrected chi connectivity index (χ3v) is 6.64. The number of amides is 1. The van der Waals surface area contributed by atoms with Gasteiger partial charge in [-0.05, 0) is 44.3 Å². The van der Waals surface area contributed by atoms with Crippen LogP contribution in [-0.4, -0.2) is 29.6 Å². The number of nitrogens with one attached hydrogen (secondary N) is 2. The van der Waals surface area contributed by atoms with E-state index < -0.39 is 0 Å². The first-order valence-electron chi connectivity index (χ1n) is 11.1. The number of rotatable bonds is 6. The summed E-state index contributed by atoms with van der Waals surface area (Å²) in [4.78, 5) is 12.3. The summed E-state index contributed by atoms with van der Waals surface area (Å²) < 4.78 is 5.66. The number of carbonyl (C=O) groups excluding carboxylic acids is 1. The standard InChI is InChI=1S/C24H34N2O2/c27-22(16-28-21-14-10-6-3-7-11-15-21)26-24-17-23(18-24,19-24)25-20-12-8-4-1-2-5-9-13-20/h3,6-7,10-11,14-15,20,25H,1-2,4-5,8-9,12-13,16-19H2,(H,26,27)/b6-3-,7-3?,10-6?,11-7-,14-10?,15-11?,21-14?,21-15?. The van der Waals surface area contributed by atoms with E-state index in [-0.39, 0.29) is 18.1 Å². The summed E-state index contributed by atoms with van der Waals surface area (Å²) in [6.45, 7) is 0.0819. The second kappa shape index (κ2) is 8.69. The number of hydrogen-bond acceptors (Lipinski definition) is 3. The molecule has 0 radical (unpaired) electrons. The number of carbonyl (C=O) groups is 1. The van der Waals surface area contributed by atoms with Crippen molar-refractivity contribution in [1.82, 2.24) is 10.6 Å². The molecule has 0 heterocycles. The fraction of sp³-hybridized carbons (Fsp3) is 0.625. The quantitative estimate of drug-likeness (QED) is 0.713. The molecule has 5 aliphatic carbocycles. The van der Waals surface area contributed by atoms with Crippen molar-refractivity contribution in [3.8, 4) is 0 Å². The summed E-state index contributed by atoms with van der Waals surface area (Å²) in [5.74, 6) is 0.707. The van der Waals surface area contributed by atoms with Crippen LogP contribution < -0.4 is 10.6 Å². The fourth-order valence-corrected chi connectivity index (χ4v) is 5.41. The Morgan fingerprint density at radius 1 is 0.893 bits per heavy atom. The maximum atomic E-state index is 12.3. The Kier molecular flexibility index (Phi) is 6.05. The highest BCUT2D eigenvalue weighted by Crippen LogP contribution is 2.60. The first-order chi connectivity index (χ1) is 13.7. The van der Waals surface area contributed by atoms with Crippen LogP contribution in [0, 0.1) is 0 Å². The molecule has 152 valence electrons. The lowest BCUT2D eigenvalue weighted by Crippen LogP contribution is -2.84. The van der Waals surface area contributed by atoms with E-state index in [0.717, 1.165) is 19.3 Å². The van der Waals surface area contributed by atoms with Gasteiger partial charge in [-0.1, -0.05) is 68.9 Å². The predicted molar refractivity (Wildman–Crippen MR) is 113 cm³/mol. The van der Waals surface area contributed by atoms with Gasteiger partial charge in [0.25, 0.3) is 5.91 Å². The molecule has 0 aromatic carbocycles. The molecule has 4 heteroatoms. The molecule has 0 unspecified atom stereocenters. The van der Waals surface area contributed by atoms with Gasteiger partial charge >= 0.3 is 0 Å². The van der Waals surface area contributed by atoms with Gasteiger partial charge in [-0.25, -0.2) is 0 Å². The summed E-state index contributed by atoms with van der Waals surface area (Å²) in [7, 11) is 0. The van der Waals surface area contributed by atoms with Gasteiger partial charge in [-0.2, -0.15) is 0 Å². The lowest BCUT2D eigenvalue weighted by Gasteiger charge is -2.71. The molecule has 2 bridgehead atoms. The molecule has 4 fully saturated rings. The predicted octanol–water partition coefficient (Wildman–Crippen LogP) is 4.45. The highest BCUT2D eigenvalue weighted by molar-refractivity contribution is 5.79. The lowest BCUT2D eigenvalue weighted by atomic mass is 9.44. The zero-order valence-corrected chi connectivity index (χ0v) is 16.9. The van der Waals surface area contributed by atoms with Gasteiger partial charge in [-0.3, -0.25) is 4.79 Å². The maximum absolute atomic E-state index is 12.3. The van der Waals surface area contributed by atoms with Crippen LogP contribution in [0.15, 0.2) is 48.3 Å². The van der Waals surface area contributed by atoms with Crippen molar-refractivity contribution in [2.45, 2.75) is 87.7 Å². The van der Waals surface area contributed by atoms with E-state index in [4.69, 9.17) is 4.74 Å². The van der Waals surface area contributed by atoms with Crippen LogP contribution in [0.3, 0.4) is 0 Å². The van der Waals surface area contributed by atoms with E-state index in [1.165, 1.54) is 51.4 Å². The van der Waals surface area contributed by atoms with Gasteiger partial charge in [0.1, 0.15) is 5.76 Å². The van der Waals surface area contributed by atoms with E-state index in [1.807, 2.05) is 42.5 Å². The Labute approximate surface area is 169 Å². The third-order valence-electron chi connectivity index (χ3n) is 6.64. The second-order valence-electron chi connectivity index (χ2n) is 9.17. The Bertz CT molecular complexity index is 659. The van der Waals surface area contributed by atoms with Gasteiger partial charge in [0.2, 0.25) is 0 Å². The minimum absolute atomic E-state index is 0.00776. The highest BCUT2D eigenvalue weighted by atomic mass is 16.5. The third kappa shape index (κ3) is 4.78. The zero-order valence-electron chi connectivity index (χ0n) is 16.9. The minimum Gasteiger partial charge on any atom is -0.484 e. The van der Waals surface area contributed by atoms with Gasteiger partial charge in [0, 0.05) is 17.1 Å². The summed E-state index contributed by atoms with van der Waals surface area (Å²) in [6, 6.07) is 0.676. The van der Waals surface area contributed by atoms with Gasteiger partial charge in [0.05, 0.1) is 0 Å². The van der Waals surface area contributed by atoms with Crippen LogP contribution >= 0.6 is 0 Å². The van der Waals surface area contributed by atoms with Crippen molar-refractivity contribution in [3.63, 3.8) is 0 Å². The van der Waals surface area contributed by atoms with E-state index in [9.17, 15) is 4.79 Å². The highest BCUT2D eigenvalue weighted by Gasteiger charge is 2.68. The maximum Gasteiger partial charge on any atom is 0.258 e. The van der Waals surface area contributed by atoms with Crippen LogP contribution in [-0.2, 0) is 9.53 Å². The molecule has 1 amide bonds. The van der Waals surface area contributed by atoms with Crippen LogP contribution in [0.4, 0.5) is 0 Å². The Hall–Kier alpha value is -1.81. The number of hydrogen-bond donors (Lipinski definition) is 2. The van der Waals surface area contributed by atoms with E-state index in [2.05, 4.69) is 10.6 Å². The first-order valence-corrected chi connectivity index (χ1v) is 11.1. The summed E-state index contributed by atoms with van der Waals surface area (Å²) >= 11 is 0. The molecular weight excluding hydrogens is 348 g/mol. The fourth-order valence-electron chi connectivity index (χ4n) is 5.41. The smallest absolute Gasteiger partial charge is 0.258 e. The van der Waals surface area contributed by atoms with Crippen molar-refractivity contribution < 1.29 is 9.53 Å². The van der Waals surface area contributed by atoms with Crippen molar-refractivity contribution in [1.29, 1.82) is 0 Å². The van der Waals surface area contributed by atoms with Crippen molar-refractivity contribution in [3.05, 3.63) is 48.3 Å². The average Bonchev–Trinajstić information content (AvgIpc) is 2.72. The average molecular weight is 383 g/mol. The number of allylic oxidation sites excluding steroid dienone is 7. The molecule has 0 atom stereocenters. The van der Waals surface area contributed by atoms with Crippen LogP contribution in [0.1, 0.15) is 70.6 Å².